The van der Waals surface area contributed by atoms with Crippen molar-refractivity contribution in [3.63, 3.8) is 0 Å². The third-order valence-corrected chi connectivity index (χ3v) is 6.23. The molecule has 3 heterocycles. The Morgan fingerprint density at radius 2 is 1.94 bits per heavy atom. The molecule has 5 rings (SSSR count). The van der Waals surface area contributed by atoms with Gasteiger partial charge >= 0.3 is 0 Å². The molecular weight excluding hydrogens is 447 g/mol. The number of benzene rings is 2. The van der Waals surface area contributed by atoms with Crippen LogP contribution in [0.2, 0.25) is 0 Å². The number of H-pyrrole nitrogens is 1. The van der Waals surface area contributed by atoms with E-state index in [1.165, 1.54) is 30.5 Å². The number of carbonyl (C=O) groups is 2. The predicted molar refractivity (Wildman–Crippen MR) is 129 cm³/mol. The van der Waals surface area contributed by atoms with Crippen LogP contribution in [0.1, 0.15) is 53.0 Å². The molecule has 35 heavy (non-hydrogen) atoms. The second-order valence-corrected chi connectivity index (χ2v) is 8.63. The van der Waals surface area contributed by atoms with Gasteiger partial charge in [0.25, 0.3) is 5.91 Å². The number of rotatable bonds is 6. The number of halogens is 1. The number of amides is 2. The molecule has 2 aromatic carbocycles. The molecule has 1 aliphatic rings. The van der Waals surface area contributed by atoms with Crippen LogP contribution in [0.3, 0.4) is 0 Å². The highest BCUT2D eigenvalue weighted by Gasteiger charge is 2.32. The summed E-state index contributed by atoms with van der Waals surface area (Å²) in [5.41, 5.74) is 3.19. The summed E-state index contributed by atoms with van der Waals surface area (Å²) in [6.07, 6.45) is 4.01. The summed E-state index contributed by atoms with van der Waals surface area (Å²) >= 11 is 0. The third-order valence-electron chi connectivity index (χ3n) is 6.23. The molecule has 8 nitrogen and oxygen atoms in total. The highest BCUT2D eigenvalue weighted by molar-refractivity contribution is 6.04. The molecule has 1 aliphatic heterocycles. The summed E-state index contributed by atoms with van der Waals surface area (Å²) in [5, 5.41) is 2.73. The lowest BCUT2D eigenvalue weighted by Crippen LogP contribution is -2.32. The van der Waals surface area contributed by atoms with E-state index >= 15 is 0 Å². The molecule has 2 aromatic heterocycles. The molecule has 2 N–H and O–H groups in total. The number of fused-ring (bicyclic) bond motifs is 1. The Hall–Kier alpha value is -4.14. The zero-order valence-corrected chi connectivity index (χ0v) is 19.3. The average Bonchev–Trinajstić information content (AvgIpc) is 3.51. The first-order chi connectivity index (χ1) is 17.0. The van der Waals surface area contributed by atoms with Gasteiger partial charge in [0.15, 0.2) is 5.82 Å². The Morgan fingerprint density at radius 3 is 2.71 bits per heavy atom. The molecule has 1 atom stereocenters. The van der Waals surface area contributed by atoms with Crippen LogP contribution >= 0.6 is 0 Å². The minimum absolute atomic E-state index is 0.0346. The number of likely N-dealkylation sites (tertiary alicyclic amines) is 1. The Morgan fingerprint density at radius 1 is 1.14 bits per heavy atom. The summed E-state index contributed by atoms with van der Waals surface area (Å²) in [6, 6.07) is 13.1. The number of aromatic nitrogens is 4. The number of aromatic amines is 1. The summed E-state index contributed by atoms with van der Waals surface area (Å²) < 4.78 is 13.1. The highest BCUT2D eigenvalue weighted by atomic mass is 19.1. The number of hydrogen-bond acceptors (Lipinski definition) is 5. The summed E-state index contributed by atoms with van der Waals surface area (Å²) in [5.74, 6) is 0.618. The Bertz CT molecular complexity index is 1350. The van der Waals surface area contributed by atoms with Crippen LogP contribution in [0.25, 0.3) is 11.0 Å². The van der Waals surface area contributed by atoms with Crippen LogP contribution in [0.5, 0.6) is 0 Å². The van der Waals surface area contributed by atoms with Gasteiger partial charge in [-0.3, -0.25) is 9.59 Å². The Labute approximate surface area is 201 Å². The summed E-state index contributed by atoms with van der Waals surface area (Å²) in [6.45, 7) is 2.40. The van der Waals surface area contributed by atoms with Crippen molar-refractivity contribution in [3.05, 3.63) is 83.5 Å². The molecule has 1 fully saturated rings. The standard InChI is InChI=1S/C26H25FN6O2/c1-16-19(26(35)30-18-10-8-17(27)9-11-18)15-28-25(29-16)22-7-4-14-33(22)24(34)13-12-23-31-20-5-2-3-6-21(20)32-23/h2-3,5-6,8-11,15,22H,4,7,12-14H2,1H3,(H,30,35)(H,31,32). The van der Waals surface area contributed by atoms with Crippen molar-refractivity contribution in [2.75, 3.05) is 11.9 Å². The number of nitrogens with one attached hydrogen (secondary N) is 2. The van der Waals surface area contributed by atoms with Gasteiger partial charge < -0.3 is 15.2 Å². The minimum atomic E-state index is -0.375. The van der Waals surface area contributed by atoms with E-state index in [4.69, 9.17) is 0 Å². The first-order valence-electron chi connectivity index (χ1n) is 11.6. The molecule has 1 saturated heterocycles. The van der Waals surface area contributed by atoms with Crippen LogP contribution in [0.15, 0.2) is 54.7 Å². The second kappa shape index (κ2) is 9.61. The number of nitrogens with zero attached hydrogens (tertiary/aromatic N) is 4. The average molecular weight is 473 g/mol. The fraction of sp³-hybridized carbons (Fsp3) is 0.269. The smallest absolute Gasteiger partial charge is 0.259 e. The summed E-state index contributed by atoms with van der Waals surface area (Å²) in [4.78, 5) is 44.3. The highest BCUT2D eigenvalue weighted by Crippen LogP contribution is 2.31. The van der Waals surface area contributed by atoms with E-state index in [0.29, 0.717) is 42.2 Å². The largest absolute Gasteiger partial charge is 0.342 e. The maximum atomic E-state index is 13.1. The quantitative estimate of drug-likeness (QED) is 0.434. The van der Waals surface area contributed by atoms with Gasteiger partial charge in [-0.2, -0.15) is 0 Å². The molecule has 0 saturated carbocycles. The van der Waals surface area contributed by atoms with Crippen molar-refractivity contribution < 1.29 is 14.0 Å². The van der Waals surface area contributed by atoms with E-state index in [9.17, 15) is 14.0 Å². The molecule has 9 heteroatoms. The first kappa shape index (κ1) is 22.6. The van der Waals surface area contributed by atoms with Crippen molar-refractivity contribution in [1.82, 2.24) is 24.8 Å². The lowest BCUT2D eigenvalue weighted by molar-refractivity contribution is -0.132. The normalized spacial score (nSPS) is 15.5. The van der Waals surface area contributed by atoms with Crippen LogP contribution in [-0.2, 0) is 11.2 Å². The minimum Gasteiger partial charge on any atom is -0.342 e. The number of imidazole rings is 1. The fourth-order valence-corrected chi connectivity index (χ4v) is 4.43. The zero-order valence-electron chi connectivity index (χ0n) is 19.3. The van der Waals surface area contributed by atoms with E-state index in [-0.39, 0.29) is 23.7 Å². The zero-order chi connectivity index (χ0) is 24.4. The molecule has 4 aromatic rings. The SMILES string of the molecule is Cc1nc(C2CCCN2C(=O)CCc2nc3ccccc3[nH]2)ncc1C(=O)Nc1ccc(F)cc1. The monoisotopic (exact) mass is 472 g/mol. The number of aryl methyl sites for hydroxylation is 2. The van der Waals surface area contributed by atoms with Gasteiger partial charge in [-0.25, -0.2) is 19.3 Å². The number of anilines is 1. The number of para-hydroxylation sites is 2. The van der Waals surface area contributed by atoms with Gasteiger partial charge in [0.1, 0.15) is 11.6 Å². The Balaban J connectivity index is 1.25. The maximum Gasteiger partial charge on any atom is 0.259 e. The molecule has 178 valence electrons. The molecule has 0 bridgehead atoms. The van der Waals surface area contributed by atoms with E-state index in [0.717, 1.165) is 29.7 Å². The molecule has 0 aliphatic carbocycles. The van der Waals surface area contributed by atoms with Crippen molar-refractivity contribution in [3.8, 4) is 0 Å². The second-order valence-electron chi connectivity index (χ2n) is 8.63. The van der Waals surface area contributed by atoms with Gasteiger partial charge in [0.2, 0.25) is 5.91 Å². The van der Waals surface area contributed by atoms with Crippen LogP contribution in [-0.4, -0.2) is 43.2 Å². The van der Waals surface area contributed by atoms with E-state index in [1.807, 2.05) is 29.2 Å². The van der Waals surface area contributed by atoms with Crippen molar-refractivity contribution in [2.45, 2.75) is 38.6 Å². The number of hydrogen-bond donors (Lipinski definition) is 2. The molecule has 2 amide bonds. The maximum absolute atomic E-state index is 13.1. The molecule has 0 radical (unpaired) electrons. The van der Waals surface area contributed by atoms with Crippen LogP contribution in [0, 0.1) is 12.7 Å². The third kappa shape index (κ3) is 4.89. The number of carbonyl (C=O) groups excluding carboxylic acids is 2. The lowest BCUT2D eigenvalue weighted by Gasteiger charge is -2.24. The van der Waals surface area contributed by atoms with E-state index < -0.39 is 0 Å². The molecule has 0 spiro atoms. The molecule has 1 unspecified atom stereocenters. The van der Waals surface area contributed by atoms with Crippen molar-refractivity contribution in [2.24, 2.45) is 0 Å². The van der Waals surface area contributed by atoms with Gasteiger partial charge in [-0.15, -0.1) is 0 Å². The van der Waals surface area contributed by atoms with Crippen molar-refractivity contribution >= 4 is 28.5 Å². The van der Waals surface area contributed by atoms with Gasteiger partial charge in [0.05, 0.1) is 28.3 Å². The van der Waals surface area contributed by atoms with Crippen LogP contribution < -0.4 is 5.32 Å². The Kier molecular flexibility index (Phi) is 6.22. The summed E-state index contributed by atoms with van der Waals surface area (Å²) in [7, 11) is 0. The molecular formula is C26H25FN6O2. The van der Waals surface area contributed by atoms with Gasteiger partial charge in [-0.05, 0) is 56.2 Å². The van der Waals surface area contributed by atoms with Crippen LogP contribution in [0.4, 0.5) is 10.1 Å². The van der Waals surface area contributed by atoms with E-state index in [1.54, 1.807) is 6.92 Å². The predicted octanol–water partition coefficient (Wildman–Crippen LogP) is 4.35. The van der Waals surface area contributed by atoms with E-state index in [2.05, 4.69) is 25.3 Å². The van der Waals surface area contributed by atoms with Gasteiger partial charge in [-0.1, -0.05) is 12.1 Å². The fourth-order valence-electron chi connectivity index (χ4n) is 4.43. The van der Waals surface area contributed by atoms with Crippen molar-refractivity contribution in [1.29, 1.82) is 0 Å². The lowest BCUT2D eigenvalue weighted by atomic mass is 10.1. The first-order valence-corrected chi connectivity index (χ1v) is 11.6. The van der Waals surface area contributed by atoms with Gasteiger partial charge in [0, 0.05) is 31.3 Å². The topological polar surface area (TPSA) is 104 Å².